The number of aryl methyl sites for hydroxylation is 4. The third kappa shape index (κ3) is 2.52. The van der Waals surface area contributed by atoms with Crippen molar-refractivity contribution in [3.8, 4) is 0 Å². The Morgan fingerprint density at radius 3 is 2.73 bits per heavy atom. The Balaban J connectivity index is 1.93. The molecule has 0 radical (unpaired) electrons. The molecule has 0 unspecified atom stereocenters. The predicted octanol–water partition coefficient (Wildman–Crippen LogP) is 3.26. The Bertz CT molecular complexity index is 425. The smallest absolute Gasteiger partial charge is 0.103 e. The number of hydrogen-bond donors (Lipinski definition) is 1. The van der Waals surface area contributed by atoms with Crippen LogP contribution in [0.25, 0.3) is 0 Å². The Hall–Kier alpha value is -1.44. The first-order valence-corrected chi connectivity index (χ1v) is 5.48. The number of nitrogens with one attached hydrogen (secondary N) is 1. The van der Waals surface area contributed by atoms with Crippen molar-refractivity contribution in [3.63, 3.8) is 0 Å². The zero-order valence-electron chi connectivity index (χ0n) is 9.34. The highest BCUT2D eigenvalue weighted by molar-refractivity contribution is 5.17. The molecule has 2 rings (SSSR count). The molecule has 0 aliphatic carbocycles. The van der Waals surface area contributed by atoms with E-state index in [2.05, 4.69) is 37.0 Å². The maximum absolute atomic E-state index is 5.40. The summed E-state index contributed by atoms with van der Waals surface area (Å²) in [5, 5.41) is 0. The second-order valence-corrected chi connectivity index (χ2v) is 3.94. The van der Waals surface area contributed by atoms with Crippen LogP contribution < -0.4 is 0 Å². The molecule has 1 N–H and O–H groups in total. The summed E-state index contributed by atoms with van der Waals surface area (Å²) < 4.78 is 5.40. The largest absolute Gasteiger partial charge is 0.469 e. The highest BCUT2D eigenvalue weighted by atomic mass is 16.3. The third-order valence-electron chi connectivity index (χ3n) is 2.63. The molecule has 0 aromatic carbocycles. The van der Waals surface area contributed by atoms with E-state index in [4.69, 9.17) is 4.42 Å². The van der Waals surface area contributed by atoms with E-state index in [1.807, 2.05) is 6.26 Å². The van der Waals surface area contributed by atoms with Gasteiger partial charge in [0.2, 0.25) is 0 Å². The minimum Gasteiger partial charge on any atom is -0.469 e. The number of furan rings is 1. The fourth-order valence-electron chi connectivity index (χ4n) is 1.73. The number of hydrogen-bond acceptors (Lipinski definition) is 1. The van der Waals surface area contributed by atoms with Gasteiger partial charge < -0.3 is 9.40 Å². The van der Waals surface area contributed by atoms with Gasteiger partial charge in [0.25, 0.3) is 0 Å². The molecular weight excluding hydrogens is 186 g/mol. The van der Waals surface area contributed by atoms with E-state index in [1.165, 1.54) is 17.0 Å². The third-order valence-corrected chi connectivity index (χ3v) is 2.63. The van der Waals surface area contributed by atoms with Crippen LogP contribution in [0.4, 0.5) is 0 Å². The highest BCUT2D eigenvalue weighted by Crippen LogP contribution is 2.11. The number of aromatic amines is 1. The van der Waals surface area contributed by atoms with Gasteiger partial charge in [-0.05, 0) is 43.5 Å². The summed E-state index contributed by atoms with van der Waals surface area (Å²) in [6.07, 6.45) is 4.94. The van der Waals surface area contributed by atoms with Gasteiger partial charge in [-0.25, -0.2) is 0 Å². The standard InChI is InChI=1S/C13H17NO/c1-3-13-8-11(9-15-13)5-7-12-6-4-10(2)14-12/h4,6,8-9,14H,3,5,7H2,1-2H3. The lowest BCUT2D eigenvalue weighted by Crippen LogP contribution is -1.89. The van der Waals surface area contributed by atoms with Gasteiger partial charge in [-0.15, -0.1) is 0 Å². The van der Waals surface area contributed by atoms with Crippen LogP contribution >= 0.6 is 0 Å². The molecule has 15 heavy (non-hydrogen) atoms. The summed E-state index contributed by atoms with van der Waals surface area (Å²) in [7, 11) is 0. The van der Waals surface area contributed by atoms with Crippen molar-refractivity contribution in [2.45, 2.75) is 33.1 Å². The van der Waals surface area contributed by atoms with E-state index >= 15 is 0 Å². The lowest BCUT2D eigenvalue weighted by atomic mass is 10.1. The van der Waals surface area contributed by atoms with Crippen LogP contribution in [0.5, 0.6) is 0 Å². The van der Waals surface area contributed by atoms with Crippen molar-refractivity contribution in [1.29, 1.82) is 0 Å². The van der Waals surface area contributed by atoms with E-state index in [0.29, 0.717) is 0 Å². The monoisotopic (exact) mass is 203 g/mol. The molecule has 2 heterocycles. The van der Waals surface area contributed by atoms with Crippen molar-refractivity contribution in [3.05, 3.63) is 47.2 Å². The van der Waals surface area contributed by atoms with E-state index in [-0.39, 0.29) is 0 Å². The number of H-pyrrole nitrogens is 1. The van der Waals surface area contributed by atoms with Gasteiger partial charge in [0.1, 0.15) is 5.76 Å². The van der Waals surface area contributed by atoms with E-state index in [9.17, 15) is 0 Å². The number of rotatable bonds is 4. The second-order valence-electron chi connectivity index (χ2n) is 3.94. The highest BCUT2D eigenvalue weighted by Gasteiger charge is 2.01. The maximum Gasteiger partial charge on any atom is 0.103 e. The summed E-state index contributed by atoms with van der Waals surface area (Å²) >= 11 is 0. The topological polar surface area (TPSA) is 28.9 Å². The fourth-order valence-corrected chi connectivity index (χ4v) is 1.73. The summed E-state index contributed by atoms with van der Waals surface area (Å²) in [6.45, 7) is 4.19. The molecule has 0 aliphatic heterocycles. The van der Waals surface area contributed by atoms with Crippen LogP contribution in [0.1, 0.15) is 29.6 Å². The molecule has 0 spiro atoms. The zero-order chi connectivity index (χ0) is 10.7. The molecule has 80 valence electrons. The first kappa shape index (κ1) is 10.1. The minimum absolute atomic E-state index is 0.974. The molecule has 0 fully saturated rings. The second kappa shape index (κ2) is 4.39. The first-order valence-electron chi connectivity index (χ1n) is 5.48. The molecule has 0 aliphatic rings. The summed E-state index contributed by atoms with van der Waals surface area (Å²) in [4.78, 5) is 3.34. The van der Waals surface area contributed by atoms with Crippen LogP contribution in [0.2, 0.25) is 0 Å². The molecule has 2 aromatic rings. The summed E-state index contributed by atoms with van der Waals surface area (Å²) in [5.74, 6) is 1.08. The van der Waals surface area contributed by atoms with Crippen molar-refractivity contribution >= 4 is 0 Å². The molecule has 2 heteroatoms. The quantitative estimate of drug-likeness (QED) is 0.811. The maximum atomic E-state index is 5.40. The van der Waals surface area contributed by atoms with E-state index in [0.717, 1.165) is 25.0 Å². The van der Waals surface area contributed by atoms with Gasteiger partial charge >= 0.3 is 0 Å². The van der Waals surface area contributed by atoms with Crippen molar-refractivity contribution in [2.75, 3.05) is 0 Å². The lowest BCUT2D eigenvalue weighted by molar-refractivity contribution is 0.514. The van der Waals surface area contributed by atoms with Gasteiger partial charge in [-0.3, -0.25) is 0 Å². The first-order chi connectivity index (χ1) is 7.28. The summed E-state index contributed by atoms with van der Waals surface area (Å²) in [5.41, 5.74) is 3.82. The number of aromatic nitrogens is 1. The van der Waals surface area contributed by atoms with Crippen LogP contribution in [0.15, 0.2) is 28.9 Å². The molecule has 0 saturated carbocycles. The van der Waals surface area contributed by atoms with Crippen LogP contribution in [-0.4, -0.2) is 4.98 Å². The fraction of sp³-hybridized carbons (Fsp3) is 0.385. The average molecular weight is 203 g/mol. The van der Waals surface area contributed by atoms with E-state index in [1.54, 1.807) is 0 Å². The van der Waals surface area contributed by atoms with Gasteiger partial charge in [-0.2, -0.15) is 0 Å². The van der Waals surface area contributed by atoms with Gasteiger partial charge in [0, 0.05) is 17.8 Å². The van der Waals surface area contributed by atoms with Crippen molar-refractivity contribution < 1.29 is 4.42 Å². The Labute approximate surface area is 90.3 Å². The van der Waals surface area contributed by atoms with Gasteiger partial charge in [0.15, 0.2) is 0 Å². The minimum atomic E-state index is 0.974. The SMILES string of the molecule is CCc1cc(CCc2ccc(C)[nH]2)co1. The van der Waals surface area contributed by atoms with Gasteiger partial charge in [0.05, 0.1) is 6.26 Å². The van der Waals surface area contributed by atoms with Crippen molar-refractivity contribution in [2.24, 2.45) is 0 Å². The molecular formula is C13H17NO. The van der Waals surface area contributed by atoms with Crippen LogP contribution in [-0.2, 0) is 19.3 Å². The molecule has 2 nitrogen and oxygen atoms in total. The van der Waals surface area contributed by atoms with Crippen LogP contribution in [0, 0.1) is 6.92 Å². The molecule has 2 aromatic heterocycles. The van der Waals surface area contributed by atoms with Crippen molar-refractivity contribution in [1.82, 2.24) is 4.98 Å². The Morgan fingerprint density at radius 1 is 1.27 bits per heavy atom. The molecule has 0 atom stereocenters. The average Bonchev–Trinajstić information content (AvgIpc) is 2.83. The Kier molecular flexibility index (Phi) is 2.95. The zero-order valence-corrected chi connectivity index (χ0v) is 9.34. The van der Waals surface area contributed by atoms with E-state index < -0.39 is 0 Å². The molecule has 0 bridgehead atoms. The predicted molar refractivity (Wildman–Crippen MR) is 61.0 cm³/mol. The normalized spacial score (nSPS) is 10.8. The molecule has 0 amide bonds. The molecule has 0 saturated heterocycles. The Morgan fingerprint density at radius 2 is 2.13 bits per heavy atom. The summed E-state index contributed by atoms with van der Waals surface area (Å²) in [6, 6.07) is 6.41. The lowest BCUT2D eigenvalue weighted by Gasteiger charge is -1.94. The van der Waals surface area contributed by atoms with Crippen LogP contribution in [0.3, 0.4) is 0 Å². The van der Waals surface area contributed by atoms with Gasteiger partial charge in [-0.1, -0.05) is 6.92 Å².